The SMILES string of the molecule is Nc1occc1C1CCc2ccc3c(ccc4ccccc43)c2C1. The molecule has 0 spiro atoms. The summed E-state index contributed by atoms with van der Waals surface area (Å²) in [6.45, 7) is 0. The van der Waals surface area contributed by atoms with Gasteiger partial charge in [0.15, 0.2) is 5.88 Å². The summed E-state index contributed by atoms with van der Waals surface area (Å²) in [4.78, 5) is 0. The van der Waals surface area contributed by atoms with Crippen LogP contribution in [0.25, 0.3) is 21.5 Å². The number of nitrogens with two attached hydrogens (primary N) is 1. The van der Waals surface area contributed by atoms with Gasteiger partial charge in [-0.05, 0) is 63.9 Å². The molecule has 3 aromatic carbocycles. The number of benzene rings is 3. The van der Waals surface area contributed by atoms with Crippen molar-refractivity contribution in [2.24, 2.45) is 0 Å². The summed E-state index contributed by atoms with van der Waals surface area (Å²) in [6.07, 6.45) is 4.98. The van der Waals surface area contributed by atoms with Gasteiger partial charge in [0.1, 0.15) is 0 Å². The number of hydrogen-bond donors (Lipinski definition) is 1. The standard InChI is InChI=1S/C22H19NO/c23-22-18(11-12-24-22)16-6-5-15-8-9-19-17-4-2-1-3-14(17)7-10-20(19)21(15)13-16/h1-4,7-12,16H,5-6,13,23H2. The molecule has 118 valence electrons. The average Bonchev–Trinajstić information content (AvgIpc) is 3.06. The van der Waals surface area contributed by atoms with E-state index in [1.807, 2.05) is 6.07 Å². The van der Waals surface area contributed by atoms with Crippen LogP contribution in [0.15, 0.2) is 65.3 Å². The topological polar surface area (TPSA) is 39.2 Å². The lowest BCUT2D eigenvalue weighted by molar-refractivity contribution is 0.560. The van der Waals surface area contributed by atoms with Crippen molar-refractivity contribution in [3.05, 3.63) is 77.6 Å². The summed E-state index contributed by atoms with van der Waals surface area (Å²) in [5, 5.41) is 5.38. The molecule has 0 aliphatic heterocycles. The third kappa shape index (κ3) is 1.96. The third-order valence-electron chi connectivity index (χ3n) is 5.51. The smallest absolute Gasteiger partial charge is 0.193 e. The summed E-state index contributed by atoms with van der Waals surface area (Å²) in [5.41, 5.74) is 10.1. The van der Waals surface area contributed by atoms with E-state index in [2.05, 4.69) is 48.5 Å². The molecule has 1 heterocycles. The molecule has 0 bridgehead atoms. The van der Waals surface area contributed by atoms with E-state index in [4.69, 9.17) is 10.2 Å². The first-order valence-corrected chi connectivity index (χ1v) is 8.56. The normalized spacial score (nSPS) is 17.2. The van der Waals surface area contributed by atoms with Crippen molar-refractivity contribution in [2.45, 2.75) is 25.2 Å². The molecule has 24 heavy (non-hydrogen) atoms. The predicted molar refractivity (Wildman–Crippen MR) is 99.3 cm³/mol. The van der Waals surface area contributed by atoms with E-state index in [1.54, 1.807) is 6.26 Å². The number of rotatable bonds is 1. The van der Waals surface area contributed by atoms with Crippen molar-refractivity contribution < 1.29 is 4.42 Å². The average molecular weight is 313 g/mol. The summed E-state index contributed by atoms with van der Waals surface area (Å²) >= 11 is 0. The van der Waals surface area contributed by atoms with E-state index in [9.17, 15) is 0 Å². The van der Waals surface area contributed by atoms with E-state index >= 15 is 0 Å². The maximum Gasteiger partial charge on any atom is 0.193 e. The second-order valence-corrected chi connectivity index (χ2v) is 6.76. The quantitative estimate of drug-likeness (QED) is 0.475. The molecule has 4 aromatic rings. The highest BCUT2D eigenvalue weighted by Crippen LogP contribution is 2.39. The van der Waals surface area contributed by atoms with Gasteiger partial charge in [0.25, 0.3) is 0 Å². The van der Waals surface area contributed by atoms with Crippen LogP contribution < -0.4 is 5.73 Å². The van der Waals surface area contributed by atoms with Crippen LogP contribution in [-0.2, 0) is 12.8 Å². The van der Waals surface area contributed by atoms with E-state index in [1.165, 1.54) is 38.2 Å². The molecule has 2 N–H and O–H groups in total. The monoisotopic (exact) mass is 313 g/mol. The predicted octanol–water partition coefficient (Wildman–Crippen LogP) is 5.44. The van der Waals surface area contributed by atoms with Crippen molar-refractivity contribution >= 4 is 27.4 Å². The maximum absolute atomic E-state index is 6.01. The van der Waals surface area contributed by atoms with E-state index in [-0.39, 0.29) is 0 Å². The number of hydrogen-bond acceptors (Lipinski definition) is 2. The Morgan fingerprint density at radius 2 is 1.75 bits per heavy atom. The highest BCUT2D eigenvalue weighted by atomic mass is 16.3. The Bertz CT molecular complexity index is 1060. The lowest BCUT2D eigenvalue weighted by Crippen LogP contribution is -2.13. The fraction of sp³-hybridized carbons (Fsp3) is 0.182. The number of aryl methyl sites for hydroxylation is 1. The van der Waals surface area contributed by atoms with Crippen molar-refractivity contribution in [2.75, 3.05) is 5.73 Å². The van der Waals surface area contributed by atoms with Crippen LogP contribution >= 0.6 is 0 Å². The molecule has 1 atom stereocenters. The maximum atomic E-state index is 6.01. The lowest BCUT2D eigenvalue weighted by atomic mass is 9.78. The Kier molecular flexibility index (Phi) is 2.93. The lowest BCUT2D eigenvalue weighted by Gasteiger charge is -2.26. The fourth-order valence-corrected chi connectivity index (χ4v) is 4.28. The zero-order valence-electron chi connectivity index (χ0n) is 13.5. The minimum atomic E-state index is 0.452. The third-order valence-corrected chi connectivity index (χ3v) is 5.51. The summed E-state index contributed by atoms with van der Waals surface area (Å²) < 4.78 is 5.33. The Hall–Kier alpha value is -2.74. The zero-order valence-corrected chi connectivity index (χ0v) is 13.5. The summed E-state index contributed by atoms with van der Waals surface area (Å²) in [5.74, 6) is 1.03. The number of nitrogen functional groups attached to an aromatic ring is 1. The van der Waals surface area contributed by atoms with Crippen LogP contribution in [0.3, 0.4) is 0 Å². The second kappa shape index (κ2) is 5.13. The minimum Gasteiger partial charge on any atom is -0.449 e. The van der Waals surface area contributed by atoms with Crippen LogP contribution in [-0.4, -0.2) is 0 Å². The summed E-state index contributed by atoms with van der Waals surface area (Å²) in [6, 6.07) is 19.8. The molecule has 2 heteroatoms. The molecule has 1 aromatic heterocycles. The highest BCUT2D eigenvalue weighted by Gasteiger charge is 2.24. The first-order valence-electron chi connectivity index (χ1n) is 8.56. The molecule has 5 rings (SSSR count). The molecular weight excluding hydrogens is 294 g/mol. The van der Waals surface area contributed by atoms with Gasteiger partial charge >= 0.3 is 0 Å². The van der Waals surface area contributed by atoms with Gasteiger partial charge in [-0.2, -0.15) is 0 Å². The Morgan fingerprint density at radius 3 is 2.62 bits per heavy atom. The molecular formula is C22H19NO. The Balaban J connectivity index is 1.70. The number of furan rings is 1. The molecule has 1 aliphatic carbocycles. The Labute approximate surface area is 140 Å². The number of anilines is 1. The first-order chi connectivity index (χ1) is 11.8. The van der Waals surface area contributed by atoms with Gasteiger partial charge in [0, 0.05) is 5.56 Å². The fourth-order valence-electron chi connectivity index (χ4n) is 4.28. The van der Waals surface area contributed by atoms with Crippen molar-refractivity contribution in [1.29, 1.82) is 0 Å². The van der Waals surface area contributed by atoms with Gasteiger partial charge in [0.05, 0.1) is 6.26 Å². The van der Waals surface area contributed by atoms with Crippen LogP contribution in [0.5, 0.6) is 0 Å². The minimum absolute atomic E-state index is 0.452. The van der Waals surface area contributed by atoms with Crippen LogP contribution in [0.2, 0.25) is 0 Å². The molecule has 0 saturated heterocycles. The molecule has 1 aliphatic rings. The largest absolute Gasteiger partial charge is 0.449 e. The van der Waals surface area contributed by atoms with Crippen LogP contribution in [0.4, 0.5) is 5.88 Å². The van der Waals surface area contributed by atoms with Gasteiger partial charge in [-0.15, -0.1) is 0 Å². The van der Waals surface area contributed by atoms with E-state index < -0.39 is 0 Å². The van der Waals surface area contributed by atoms with Gasteiger partial charge in [-0.1, -0.05) is 48.5 Å². The number of fused-ring (bicyclic) bond motifs is 5. The molecule has 0 radical (unpaired) electrons. The van der Waals surface area contributed by atoms with Gasteiger partial charge in [-0.25, -0.2) is 0 Å². The molecule has 0 amide bonds. The van der Waals surface area contributed by atoms with E-state index in [0.29, 0.717) is 11.8 Å². The Morgan fingerprint density at radius 1 is 0.875 bits per heavy atom. The first kappa shape index (κ1) is 13.7. The van der Waals surface area contributed by atoms with Crippen molar-refractivity contribution in [3.63, 3.8) is 0 Å². The van der Waals surface area contributed by atoms with Crippen LogP contribution in [0, 0.1) is 0 Å². The molecule has 0 fully saturated rings. The molecule has 2 nitrogen and oxygen atoms in total. The van der Waals surface area contributed by atoms with Gasteiger partial charge in [0.2, 0.25) is 0 Å². The highest BCUT2D eigenvalue weighted by molar-refractivity contribution is 6.08. The second-order valence-electron chi connectivity index (χ2n) is 6.76. The molecule has 0 saturated carbocycles. The van der Waals surface area contributed by atoms with Crippen LogP contribution in [0.1, 0.15) is 29.0 Å². The van der Waals surface area contributed by atoms with Gasteiger partial charge in [-0.3, -0.25) is 0 Å². The summed E-state index contributed by atoms with van der Waals surface area (Å²) in [7, 11) is 0. The zero-order chi connectivity index (χ0) is 16.1. The van der Waals surface area contributed by atoms with Crippen molar-refractivity contribution in [3.8, 4) is 0 Å². The molecule has 1 unspecified atom stereocenters. The van der Waals surface area contributed by atoms with Gasteiger partial charge < -0.3 is 10.2 Å². The van der Waals surface area contributed by atoms with Crippen molar-refractivity contribution in [1.82, 2.24) is 0 Å². The van der Waals surface area contributed by atoms with E-state index in [0.717, 1.165) is 19.3 Å².